The molecule has 0 radical (unpaired) electrons. The molecule has 3 atom stereocenters. The molecule has 5 heteroatoms. The molecule has 3 heterocycles. The number of nitrogens with zero attached hydrogens (tertiary/aromatic N) is 2. The Labute approximate surface area is 105 Å². The van der Waals surface area contributed by atoms with Crippen molar-refractivity contribution in [3.8, 4) is 0 Å². The number of rotatable bonds is 2. The summed E-state index contributed by atoms with van der Waals surface area (Å²) in [5.41, 5.74) is 0. The van der Waals surface area contributed by atoms with E-state index in [9.17, 15) is 4.79 Å². The van der Waals surface area contributed by atoms with Crippen molar-refractivity contribution in [2.24, 2.45) is 5.92 Å². The van der Waals surface area contributed by atoms with Crippen LogP contribution in [0.2, 0.25) is 0 Å². The lowest BCUT2D eigenvalue weighted by molar-refractivity contribution is 0.231. The molecular formula is C12H17N3OS. The summed E-state index contributed by atoms with van der Waals surface area (Å²) in [5, 5.41) is 3.14. The van der Waals surface area contributed by atoms with Crippen LogP contribution >= 0.6 is 11.8 Å². The highest BCUT2D eigenvalue weighted by Crippen LogP contribution is 2.27. The number of aromatic nitrogens is 1. The average Bonchev–Trinajstić information content (AvgIpc) is 3.04. The maximum Gasteiger partial charge on any atom is 0.325 e. The van der Waals surface area contributed by atoms with Crippen molar-refractivity contribution in [1.29, 1.82) is 0 Å². The van der Waals surface area contributed by atoms with Crippen LogP contribution in [0.25, 0.3) is 0 Å². The molecule has 92 valence electrons. The van der Waals surface area contributed by atoms with Gasteiger partial charge in [0.1, 0.15) is 0 Å². The van der Waals surface area contributed by atoms with Crippen LogP contribution in [-0.4, -0.2) is 47.4 Å². The van der Waals surface area contributed by atoms with E-state index in [-0.39, 0.29) is 6.03 Å². The summed E-state index contributed by atoms with van der Waals surface area (Å²) in [6, 6.07) is 2.31. The molecular weight excluding hydrogens is 234 g/mol. The van der Waals surface area contributed by atoms with E-state index in [1.807, 2.05) is 24.7 Å². The Balaban J connectivity index is 1.63. The van der Waals surface area contributed by atoms with Gasteiger partial charge in [0.15, 0.2) is 0 Å². The van der Waals surface area contributed by atoms with E-state index in [4.69, 9.17) is 0 Å². The number of piperidine rings is 1. The molecule has 0 aromatic carbocycles. The van der Waals surface area contributed by atoms with Crippen LogP contribution in [0.5, 0.6) is 0 Å². The second kappa shape index (κ2) is 4.38. The molecule has 4 nitrogen and oxygen atoms in total. The van der Waals surface area contributed by atoms with Crippen LogP contribution in [0.1, 0.15) is 6.42 Å². The fourth-order valence-corrected chi connectivity index (χ4v) is 3.22. The van der Waals surface area contributed by atoms with Crippen LogP contribution in [0.3, 0.4) is 0 Å². The third kappa shape index (κ3) is 2.09. The quantitative estimate of drug-likeness (QED) is 0.809. The Morgan fingerprint density at radius 3 is 3.00 bits per heavy atom. The highest BCUT2D eigenvalue weighted by atomic mass is 32.2. The van der Waals surface area contributed by atoms with Crippen LogP contribution in [0, 0.1) is 5.92 Å². The zero-order valence-electron chi connectivity index (χ0n) is 9.93. The fraction of sp³-hybridized carbons (Fsp3) is 0.583. The number of hydrogen-bond acceptors (Lipinski definition) is 3. The van der Waals surface area contributed by atoms with Gasteiger partial charge in [0, 0.05) is 36.4 Å². The molecule has 2 fully saturated rings. The Morgan fingerprint density at radius 1 is 1.53 bits per heavy atom. The number of carbonyl (C=O) groups excluding carboxylic acids is 1. The van der Waals surface area contributed by atoms with E-state index in [1.54, 1.807) is 16.3 Å². The molecule has 17 heavy (non-hydrogen) atoms. The Bertz CT molecular complexity index is 431. The highest BCUT2D eigenvalue weighted by Gasteiger charge is 2.38. The fourth-order valence-electron chi connectivity index (χ4n) is 2.80. The van der Waals surface area contributed by atoms with Gasteiger partial charge in [-0.2, -0.15) is 0 Å². The van der Waals surface area contributed by atoms with Gasteiger partial charge >= 0.3 is 6.03 Å². The molecule has 1 aromatic rings. The van der Waals surface area contributed by atoms with Crippen molar-refractivity contribution in [1.82, 2.24) is 14.8 Å². The zero-order chi connectivity index (χ0) is 11.8. The zero-order valence-corrected chi connectivity index (χ0v) is 10.7. The number of hydrogen-bond donors (Lipinski definition) is 1. The van der Waals surface area contributed by atoms with Gasteiger partial charge < -0.3 is 10.2 Å². The van der Waals surface area contributed by atoms with Gasteiger partial charge in [-0.1, -0.05) is 0 Å². The van der Waals surface area contributed by atoms with Crippen molar-refractivity contribution < 1.29 is 4.79 Å². The minimum Gasteiger partial charge on any atom is -0.333 e. The van der Waals surface area contributed by atoms with E-state index in [1.165, 1.54) is 13.0 Å². The third-order valence-corrected chi connectivity index (χ3v) is 4.49. The van der Waals surface area contributed by atoms with Gasteiger partial charge in [-0.05, 0) is 31.2 Å². The van der Waals surface area contributed by atoms with E-state index in [0.717, 1.165) is 18.0 Å². The topological polar surface area (TPSA) is 37.3 Å². The summed E-state index contributed by atoms with van der Waals surface area (Å²) < 4.78 is 1.65. The van der Waals surface area contributed by atoms with Gasteiger partial charge in [0.25, 0.3) is 0 Å². The van der Waals surface area contributed by atoms with Crippen molar-refractivity contribution in [2.45, 2.75) is 17.4 Å². The molecule has 3 rings (SSSR count). The number of amides is 1. The second-order valence-electron chi connectivity index (χ2n) is 4.82. The van der Waals surface area contributed by atoms with Crippen LogP contribution in [0.15, 0.2) is 23.4 Å². The monoisotopic (exact) mass is 251 g/mol. The van der Waals surface area contributed by atoms with Crippen molar-refractivity contribution >= 4 is 17.8 Å². The van der Waals surface area contributed by atoms with E-state index in [0.29, 0.717) is 12.0 Å². The third-order valence-electron chi connectivity index (χ3n) is 3.78. The van der Waals surface area contributed by atoms with Crippen LogP contribution < -0.4 is 5.32 Å². The lowest BCUT2D eigenvalue weighted by Crippen LogP contribution is -2.44. The number of carbonyl (C=O) groups is 1. The van der Waals surface area contributed by atoms with Gasteiger partial charge in [-0.25, -0.2) is 4.79 Å². The molecule has 2 aliphatic heterocycles. The molecule has 1 N–H and O–H groups in total. The number of thioether (sulfide) groups is 1. The number of fused-ring (bicyclic) bond motifs is 2. The standard InChI is InChI=1S/C12H17N3OS/c1-17-10-3-5-15(7-10)12(16)13-11-8-14-4-2-9(11)6-14/h3,5,7,9,11H,2,4,6,8H2,1H3,(H,13,16)/t9-,11?/m0/s1. The highest BCUT2D eigenvalue weighted by molar-refractivity contribution is 7.98. The maximum absolute atomic E-state index is 12.0. The van der Waals surface area contributed by atoms with Gasteiger partial charge in [0.05, 0.1) is 0 Å². The number of nitrogens with one attached hydrogen (secondary N) is 1. The van der Waals surface area contributed by atoms with Crippen molar-refractivity contribution in [3.63, 3.8) is 0 Å². The minimum atomic E-state index is 0.00375. The van der Waals surface area contributed by atoms with Crippen LogP contribution in [-0.2, 0) is 0 Å². The van der Waals surface area contributed by atoms with Crippen molar-refractivity contribution in [2.75, 3.05) is 25.9 Å². The Morgan fingerprint density at radius 2 is 2.41 bits per heavy atom. The Hall–Kier alpha value is -0.940. The van der Waals surface area contributed by atoms with Gasteiger partial charge in [0.2, 0.25) is 0 Å². The first-order valence-corrected chi connectivity index (χ1v) is 7.24. The molecule has 0 aliphatic carbocycles. The SMILES string of the molecule is CSc1ccn(C(=O)NC2CN3CC[C@H]2C3)c1. The minimum absolute atomic E-state index is 0.00375. The summed E-state index contributed by atoms with van der Waals surface area (Å²) in [6.07, 6.45) is 6.95. The molecule has 1 amide bonds. The molecule has 1 aromatic heterocycles. The van der Waals surface area contributed by atoms with Crippen LogP contribution in [0.4, 0.5) is 4.79 Å². The van der Waals surface area contributed by atoms with Gasteiger partial charge in [-0.15, -0.1) is 11.8 Å². The summed E-state index contributed by atoms with van der Waals surface area (Å²) in [7, 11) is 0. The van der Waals surface area contributed by atoms with Crippen molar-refractivity contribution in [3.05, 3.63) is 18.5 Å². The lowest BCUT2D eigenvalue weighted by atomic mass is 10.0. The lowest BCUT2D eigenvalue weighted by Gasteiger charge is -2.23. The molecule has 2 aliphatic rings. The molecule has 2 bridgehead atoms. The predicted molar refractivity (Wildman–Crippen MR) is 68.5 cm³/mol. The second-order valence-corrected chi connectivity index (χ2v) is 5.70. The van der Waals surface area contributed by atoms with E-state index in [2.05, 4.69) is 10.2 Å². The Kier molecular flexibility index (Phi) is 2.88. The molecule has 0 saturated carbocycles. The summed E-state index contributed by atoms with van der Waals surface area (Å²) in [6.45, 7) is 3.39. The average molecular weight is 251 g/mol. The first-order chi connectivity index (χ1) is 8.26. The summed E-state index contributed by atoms with van der Waals surface area (Å²) in [4.78, 5) is 15.6. The predicted octanol–water partition coefficient (Wildman–Crippen LogP) is 1.47. The smallest absolute Gasteiger partial charge is 0.325 e. The van der Waals surface area contributed by atoms with E-state index < -0.39 is 0 Å². The first-order valence-electron chi connectivity index (χ1n) is 6.01. The molecule has 2 saturated heterocycles. The largest absolute Gasteiger partial charge is 0.333 e. The van der Waals surface area contributed by atoms with E-state index >= 15 is 0 Å². The molecule has 0 spiro atoms. The maximum atomic E-state index is 12.0. The van der Waals surface area contributed by atoms with Gasteiger partial charge in [-0.3, -0.25) is 4.57 Å². The summed E-state index contributed by atoms with van der Waals surface area (Å²) in [5.74, 6) is 0.662. The normalized spacial score (nSPS) is 30.8. The molecule has 2 unspecified atom stereocenters. The summed E-state index contributed by atoms with van der Waals surface area (Å²) >= 11 is 1.65. The first kappa shape index (κ1) is 11.2.